The van der Waals surface area contributed by atoms with Crippen LogP contribution in [0.2, 0.25) is 0 Å². The van der Waals surface area contributed by atoms with Crippen molar-refractivity contribution in [2.45, 2.75) is 52.5 Å². The molecule has 3 heteroatoms. The van der Waals surface area contributed by atoms with Gasteiger partial charge in [0.2, 0.25) is 0 Å². The van der Waals surface area contributed by atoms with Crippen molar-refractivity contribution in [2.75, 3.05) is 20.3 Å². The number of aliphatic hydroxyl groups excluding tert-OH is 1. The predicted molar refractivity (Wildman–Crippen MR) is 84.5 cm³/mol. The summed E-state index contributed by atoms with van der Waals surface area (Å²) >= 11 is 0. The minimum atomic E-state index is -0.166. The molecule has 3 nitrogen and oxygen atoms in total. The molecule has 0 bridgehead atoms. The molecular formula is C17H29NO2. The molecule has 0 aliphatic rings. The Morgan fingerprint density at radius 2 is 1.80 bits per heavy atom. The van der Waals surface area contributed by atoms with Gasteiger partial charge in [-0.3, -0.25) is 0 Å². The van der Waals surface area contributed by atoms with Crippen LogP contribution in [0, 0.1) is 20.8 Å². The molecule has 0 amide bonds. The summed E-state index contributed by atoms with van der Waals surface area (Å²) in [5, 5.41) is 12.7. The summed E-state index contributed by atoms with van der Waals surface area (Å²) in [6.45, 7) is 9.24. The van der Waals surface area contributed by atoms with E-state index < -0.39 is 0 Å². The number of likely N-dealkylation sites (N-methyl/N-ethyl adjacent to an activating group) is 1. The minimum absolute atomic E-state index is 0.166. The number of nitrogens with one attached hydrogen (secondary N) is 1. The van der Waals surface area contributed by atoms with Gasteiger partial charge < -0.3 is 15.2 Å². The number of ether oxygens (including phenoxy) is 1. The normalized spacial score (nSPS) is 14.1. The van der Waals surface area contributed by atoms with Gasteiger partial charge in [-0.05, 0) is 58.2 Å². The first kappa shape index (κ1) is 17.0. The summed E-state index contributed by atoms with van der Waals surface area (Å²) in [5.41, 5.74) is 3.49. The van der Waals surface area contributed by atoms with Crippen molar-refractivity contribution in [1.82, 2.24) is 5.32 Å². The first-order valence-corrected chi connectivity index (χ1v) is 7.48. The van der Waals surface area contributed by atoms with Crippen LogP contribution in [-0.2, 0) is 0 Å². The molecule has 0 saturated carbocycles. The molecule has 0 fully saturated rings. The van der Waals surface area contributed by atoms with Crippen LogP contribution in [0.15, 0.2) is 12.1 Å². The number of aryl methyl sites for hydroxylation is 3. The van der Waals surface area contributed by atoms with E-state index in [4.69, 9.17) is 4.74 Å². The van der Waals surface area contributed by atoms with Gasteiger partial charge in [0.25, 0.3) is 0 Å². The minimum Gasteiger partial charge on any atom is -0.493 e. The van der Waals surface area contributed by atoms with Gasteiger partial charge in [-0.1, -0.05) is 24.6 Å². The van der Waals surface area contributed by atoms with Crippen LogP contribution in [-0.4, -0.2) is 30.9 Å². The molecule has 1 atom stereocenters. The maximum atomic E-state index is 9.51. The lowest BCUT2D eigenvalue weighted by Crippen LogP contribution is -2.46. The van der Waals surface area contributed by atoms with Crippen LogP contribution in [0.25, 0.3) is 0 Å². The smallest absolute Gasteiger partial charge is 0.125 e. The number of benzene rings is 1. The van der Waals surface area contributed by atoms with E-state index in [-0.39, 0.29) is 12.1 Å². The molecule has 1 aromatic carbocycles. The van der Waals surface area contributed by atoms with Gasteiger partial charge in [-0.25, -0.2) is 0 Å². The molecule has 2 N–H and O–H groups in total. The van der Waals surface area contributed by atoms with Crippen molar-refractivity contribution < 1.29 is 9.84 Å². The average Bonchev–Trinajstić information content (AvgIpc) is 2.42. The Kier molecular flexibility index (Phi) is 6.50. The fourth-order valence-corrected chi connectivity index (χ4v) is 2.73. The van der Waals surface area contributed by atoms with Gasteiger partial charge in [0, 0.05) is 5.54 Å². The number of hydrogen-bond donors (Lipinski definition) is 2. The molecule has 114 valence electrons. The Bertz CT molecular complexity index is 394. The number of aliphatic hydroxyl groups is 1. The SMILES string of the molecule is CCC(CO)(CCCOc1c(C)cc(C)cc1C)NC. The van der Waals surface area contributed by atoms with Crippen LogP contribution in [0.3, 0.4) is 0 Å². The summed E-state index contributed by atoms with van der Waals surface area (Å²) < 4.78 is 5.94. The third-order valence-electron chi connectivity index (χ3n) is 4.16. The summed E-state index contributed by atoms with van der Waals surface area (Å²) in [5.74, 6) is 1.01. The van der Waals surface area contributed by atoms with E-state index in [0.717, 1.165) is 25.0 Å². The van der Waals surface area contributed by atoms with Crippen molar-refractivity contribution in [3.05, 3.63) is 28.8 Å². The van der Waals surface area contributed by atoms with E-state index in [1.165, 1.54) is 16.7 Å². The van der Waals surface area contributed by atoms with Crippen LogP contribution in [0.1, 0.15) is 42.9 Å². The van der Waals surface area contributed by atoms with E-state index in [9.17, 15) is 5.11 Å². The number of hydrogen-bond acceptors (Lipinski definition) is 3. The van der Waals surface area contributed by atoms with E-state index >= 15 is 0 Å². The third-order valence-corrected chi connectivity index (χ3v) is 4.16. The van der Waals surface area contributed by atoms with E-state index in [0.29, 0.717) is 6.61 Å². The zero-order valence-electron chi connectivity index (χ0n) is 13.5. The Morgan fingerprint density at radius 1 is 1.20 bits per heavy atom. The maximum absolute atomic E-state index is 9.51. The van der Waals surface area contributed by atoms with E-state index in [1.807, 2.05) is 7.05 Å². The Morgan fingerprint density at radius 3 is 2.25 bits per heavy atom. The monoisotopic (exact) mass is 279 g/mol. The summed E-state index contributed by atoms with van der Waals surface area (Å²) in [6, 6.07) is 4.31. The molecule has 0 aliphatic carbocycles. The summed E-state index contributed by atoms with van der Waals surface area (Å²) in [7, 11) is 1.91. The van der Waals surface area contributed by atoms with E-state index in [1.54, 1.807) is 0 Å². The van der Waals surface area contributed by atoms with Gasteiger partial charge in [-0.2, -0.15) is 0 Å². The highest BCUT2D eigenvalue weighted by atomic mass is 16.5. The third kappa shape index (κ3) is 4.22. The fraction of sp³-hybridized carbons (Fsp3) is 0.647. The standard InChI is InChI=1S/C17H29NO2/c1-6-17(12-19,18-5)8-7-9-20-16-14(3)10-13(2)11-15(16)4/h10-11,18-19H,6-9,12H2,1-5H3. The highest BCUT2D eigenvalue weighted by molar-refractivity contribution is 5.42. The molecule has 0 aromatic heterocycles. The highest BCUT2D eigenvalue weighted by Gasteiger charge is 2.24. The van der Waals surface area contributed by atoms with Crippen LogP contribution < -0.4 is 10.1 Å². The van der Waals surface area contributed by atoms with Crippen molar-refractivity contribution in [3.8, 4) is 5.75 Å². The molecule has 0 heterocycles. The molecular weight excluding hydrogens is 250 g/mol. The Labute approximate surface area is 123 Å². The molecule has 0 radical (unpaired) electrons. The Hall–Kier alpha value is -1.06. The maximum Gasteiger partial charge on any atom is 0.125 e. The first-order chi connectivity index (χ1) is 9.48. The molecule has 0 aliphatic heterocycles. The van der Waals surface area contributed by atoms with E-state index in [2.05, 4.69) is 45.1 Å². The lowest BCUT2D eigenvalue weighted by Gasteiger charge is -2.30. The van der Waals surface area contributed by atoms with Crippen LogP contribution >= 0.6 is 0 Å². The molecule has 1 aromatic rings. The van der Waals surface area contributed by atoms with Gasteiger partial charge in [0.1, 0.15) is 5.75 Å². The van der Waals surface area contributed by atoms with Gasteiger partial charge in [-0.15, -0.1) is 0 Å². The van der Waals surface area contributed by atoms with Crippen molar-refractivity contribution >= 4 is 0 Å². The molecule has 0 spiro atoms. The van der Waals surface area contributed by atoms with Gasteiger partial charge >= 0.3 is 0 Å². The second kappa shape index (κ2) is 7.65. The molecule has 1 unspecified atom stereocenters. The largest absolute Gasteiger partial charge is 0.493 e. The topological polar surface area (TPSA) is 41.5 Å². The quantitative estimate of drug-likeness (QED) is 0.718. The van der Waals surface area contributed by atoms with Crippen molar-refractivity contribution in [3.63, 3.8) is 0 Å². The zero-order chi connectivity index (χ0) is 15.2. The molecule has 20 heavy (non-hydrogen) atoms. The molecule has 1 rings (SSSR count). The number of rotatable bonds is 8. The Balaban J connectivity index is 2.53. The average molecular weight is 279 g/mol. The van der Waals surface area contributed by atoms with Gasteiger partial charge in [0.05, 0.1) is 13.2 Å². The summed E-state index contributed by atoms with van der Waals surface area (Å²) in [4.78, 5) is 0. The fourth-order valence-electron chi connectivity index (χ4n) is 2.73. The zero-order valence-corrected chi connectivity index (χ0v) is 13.5. The first-order valence-electron chi connectivity index (χ1n) is 7.48. The predicted octanol–water partition coefficient (Wildman–Crippen LogP) is 3.13. The van der Waals surface area contributed by atoms with Crippen molar-refractivity contribution in [1.29, 1.82) is 0 Å². The molecule has 0 saturated heterocycles. The van der Waals surface area contributed by atoms with Gasteiger partial charge in [0.15, 0.2) is 0 Å². The van der Waals surface area contributed by atoms with Crippen LogP contribution in [0.5, 0.6) is 5.75 Å². The lowest BCUT2D eigenvalue weighted by atomic mass is 9.92. The second-order valence-corrected chi connectivity index (χ2v) is 5.72. The van der Waals surface area contributed by atoms with Crippen LogP contribution in [0.4, 0.5) is 0 Å². The lowest BCUT2D eigenvalue weighted by molar-refractivity contribution is 0.145. The highest BCUT2D eigenvalue weighted by Crippen LogP contribution is 2.25. The van der Waals surface area contributed by atoms with Crippen molar-refractivity contribution in [2.24, 2.45) is 0 Å². The summed E-state index contributed by atoms with van der Waals surface area (Å²) in [6.07, 6.45) is 2.77. The second-order valence-electron chi connectivity index (χ2n) is 5.72.